The standard InChI is InChI=1S/C8H13N/c1-3-4-5-8-6-9(2)7-8/h8H,3,6-7H2,1-2H3. The Labute approximate surface area is 57.0 Å². The highest BCUT2D eigenvalue weighted by Gasteiger charge is 2.19. The molecule has 1 nitrogen and oxygen atoms in total. The first-order chi connectivity index (χ1) is 4.33. The summed E-state index contributed by atoms with van der Waals surface area (Å²) < 4.78 is 0. The van der Waals surface area contributed by atoms with Crippen molar-refractivity contribution in [3.05, 3.63) is 0 Å². The second-order valence-electron chi connectivity index (χ2n) is 2.59. The van der Waals surface area contributed by atoms with E-state index in [1.807, 2.05) is 0 Å². The minimum Gasteiger partial charge on any atom is -0.304 e. The van der Waals surface area contributed by atoms with Crippen LogP contribution in [0.2, 0.25) is 0 Å². The molecule has 1 aliphatic heterocycles. The molecule has 0 unspecified atom stereocenters. The predicted molar refractivity (Wildman–Crippen MR) is 39.1 cm³/mol. The molecular formula is C8H13N. The minimum atomic E-state index is 0.676. The maximum atomic E-state index is 3.21. The second-order valence-corrected chi connectivity index (χ2v) is 2.59. The average molecular weight is 123 g/mol. The van der Waals surface area contributed by atoms with Crippen LogP contribution in [0.25, 0.3) is 0 Å². The van der Waals surface area contributed by atoms with Gasteiger partial charge in [0.2, 0.25) is 0 Å². The smallest absolute Gasteiger partial charge is 0.0457 e. The van der Waals surface area contributed by atoms with Crippen molar-refractivity contribution in [3.8, 4) is 11.8 Å². The Morgan fingerprint density at radius 1 is 1.56 bits per heavy atom. The van der Waals surface area contributed by atoms with E-state index in [4.69, 9.17) is 0 Å². The fourth-order valence-electron chi connectivity index (χ4n) is 1.04. The van der Waals surface area contributed by atoms with E-state index in [1.165, 1.54) is 13.1 Å². The zero-order valence-corrected chi connectivity index (χ0v) is 6.15. The monoisotopic (exact) mass is 123 g/mol. The van der Waals surface area contributed by atoms with Crippen molar-refractivity contribution in [1.29, 1.82) is 0 Å². The predicted octanol–water partition coefficient (Wildman–Crippen LogP) is 0.961. The summed E-state index contributed by atoms with van der Waals surface area (Å²) in [6, 6.07) is 0. The highest BCUT2D eigenvalue weighted by Crippen LogP contribution is 2.10. The first-order valence-electron chi connectivity index (χ1n) is 3.50. The Balaban J connectivity index is 2.17. The summed E-state index contributed by atoms with van der Waals surface area (Å²) in [5.41, 5.74) is 0. The summed E-state index contributed by atoms with van der Waals surface area (Å²) in [6.45, 7) is 4.44. The van der Waals surface area contributed by atoms with Crippen LogP contribution in [-0.2, 0) is 0 Å². The average Bonchev–Trinajstić information content (AvgIpc) is 1.78. The molecule has 0 radical (unpaired) electrons. The summed E-state index contributed by atoms with van der Waals surface area (Å²) in [4.78, 5) is 2.29. The molecule has 0 aliphatic carbocycles. The molecule has 50 valence electrons. The van der Waals surface area contributed by atoms with E-state index in [-0.39, 0.29) is 0 Å². The molecule has 0 N–H and O–H groups in total. The second kappa shape index (κ2) is 2.89. The summed E-state index contributed by atoms with van der Waals surface area (Å²) >= 11 is 0. The molecule has 0 saturated carbocycles. The van der Waals surface area contributed by atoms with Crippen LogP contribution in [0.1, 0.15) is 13.3 Å². The first kappa shape index (κ1) is 6.64. The van der Waals surface area contributed by atoms with E-state index in [2.05, 4.69) is 30.7 Å². The van der Waals surface area contributed by atoms with Gasteiger partial charge >= 0.3 is 0 Å². The molecule has 1 fully saturated rings. The molecule has 0 aromatic rings. The van der Waals surface area contributed by atoms with Crippen LogP contribution < -0.4 is 0 Å². The third-order valence-corrected chi connectivity index (χ3v) is 1.55. The van der Waals surface area contributed by atoms with Gasteiger partial charge in [0.05, 0.1) is 0 Å². The van der Waals surface area contributed by atoms with Crippen molar-refractivity contribution in [2.75, 3.05) is 20.1 Å². The number of likely N-dealkylation sites (tertiary alicyclic amines) is 1. The largest absolute Gasteiger partial charge is 0.304 e. The number of hydrogen-bond acceptors (Lipinski definition) is 1. The molecule has 1 aliphatic rings. The van der Waals surface area contributed by atoms with E-state index in [0.717, 1.165) is 6.42 Å². The Morgan fingerprint density at radius 3 is 2.67 bits per heavy atom. The maximum absolute atomic E-state index is 3.21. The van der Waals surface area contributed by atoms with Gasteiger partial charge < -0.3 is 4.90 Å². The van der Waals surface area contributed by atoms with Crippen molar-refractivity contribution in [2.45, 2.75) is 13.3 Å². The third-order valence-electron chi connectivity index (χ3n) is 1.55. The zero-order chi connectivity index (χ0) is 6.69. The summed E-state index contributed by atoms with van der Waals surface area (Å²) in [5.74, 6) is 6.98. The van der Waals surface area contributed by atoms with Crippen LogP contribution >= 0.6 is 0 Å². The molecule has 1 heteroatoms. The van der Waals surface area contributed by atoms with Gasteiger partial charge in [-0.05, 0) is 7.05 Å². The van der Waals surface area contributed by atoms with E-state index < -0.39 is 0 Å². The molecule has 1 heterocycles. The lowest BCUT2D eigenvalue weighted by molar-refractivity contribution is 0.177. The van der Waals surface area contributed by atoms with Crippen molar-refractivity contribution in [3.63, 3.8) is 0 Å². The SMILES string of the molecule is CCC#CC1CN(C)C1. The molecule has 0 bridgehead atoms. The van der Waals surface area contributed by atoms with Crippen LogP contribution in [0.15, 0.2) is 0 Å². The normalized spacial score (nSPS) is 20.2. The van der Waals surface area contributed by atoms with Gasteiger partial charge in [0.25, 0.3) is 0 Å². The van der Waals surface area contributed by atoms with Crippen molar-refractivity contribution < 1.29 is 0 Å². The number of nitrogens with zero attached hydrogens (tertiary/aromatic N) is 1. The van der Waals surface area contributed by atoms with Gasteiger partial charge in [-0.15, -0.1) is 5.92 Å². The number of rotatable bonds is 0. The lowest BCUT2D eigenvalue weighted by atomic mass is 10.0. The van der Waals surface area contributed by atoms with E-state index in [1.54, 1.807) is 0 Å². The minimum absolute atomic E-state index is 0.676. The summed E-state index contributed by atoms with van der Waals surface area (Å²) in [7, 11) is 2.13. The van der Waals surface area contributed by atoms with Gasteiger partial charge in [0.1, 0.15) is 0 Å². The van der Waals surface area contributed by atoms with Crippen LogP contribution in [0.3, 0.4) is 0 Å². The van der Waals surface area contributed by atoms with Crippen LogP contribution in [0.5, 0.6) is 0 Å². The molecule has 0 aromatic heterocycles. The molecule has 0 aromatic carbocycles. The molecule has 0 spiro atoms. The topological polar surface area (TPSA) is 3.24 Å². The lowest BCUT2D eigenvalue weighted by Gasteiger charge is -2.32. The first-order valence-corrected chi connectivity index (χ1v) is 3.50. The zero-order valence-electron chi connectivity index (χ0n) is 6.15. The van der Waals surface area contributed by atoms with E-state index >= 15 is 0 Å². The Bertz CT molecular complexity index is 134. The van der Waals surface area contributed by atoms with Crippen molar-refractivity contribution in [2.24, 2.45) is 5.92 Å². The molecular weight excluding hydrogens is 110 g/mol. The van der Waals surface area contributed by atoms with Gasteiger partial charge in [-0.1, -0.05) is 12.8 Å². The fourth-order valence-corrected chi connectivity index (χ4v) is 1.04. The molecule has 1 rings (SSSR count). The van der Waals surface area contributed by atoms with Gasteiger partial charge in [0.15, 0.2) is 0 Å². The molecule has 1 saturated heterocycles. The maximum Gasteiger partial charge on any atom is 0.0457 e. The Kier molecular flexibility index (Phi) is 2.13. The van der Waals surface area contributed by atoms with Crippen LogP contribution in [0, 0.1) is 17.8 Å². The number of hydrogen-bond donors (Lipinski definition) is 0. The van der Waals surface area contributed by atoms with Crippen molar-refractivity contribution >= 4 is 0 Å². The van der Waals surface area contributed by atoms with Gasteiger partial charge in [-0.3, -0.25) is 0 Å². The van der Waals surface area contributed by atoms with Crippen LogP contribution in [-0.4, -0.2) is 25.0 Å². The van der Waals surface area contributed by atoms with Gasteiger partial charge in [-0.2, -0.15) is 0 Å². The lowest BCUT2D eigenvalue weighted by Crippen LogP contribution is -2.42. The Morgan fingerprint density at radius 2 is 2.22 bits per heavy atom. The van der Waals surface area contributed by atoms with Crippen LogP contribution in [0.4, 0.5) is 0 Å². The molecule has 0 amide bonds. The molecule has 9 heavy (non-hydrogen) atoms. The third kappa shape index (κ3) is 1.73. The Hall–Kier alpha value is -0.480. The highest BCUT2D eigenvalue weighted by atomic mass is 15.2. The van der Waals surface area contributed by atoms with Gasteiger partial charge in [-0.25, -0.2) is 0 Å². The summed E-state index contributed by atoms with van der Waals surface area (Å²) in [5, 5.41) is 0. The summed E-state index contributed by atoms with van der Waals surface area (Å²) in [6.07, 6.45) is 1.00. The highest BCUT2D eigenvalue weighted by molar-refractivity contribution is 5.07. The van der Waals surface area contributed by atoms with E-state index in [0.29, 0.717) is 5.92 Å². The van der Waals surface area contributed by atoms with E-state index in [9.17, 15) is 0 Å². The van der Waals surface area contributed by atoms with Gasteiger partial charge in [0, 0.05) is 25.4 Å². The quantitative estimate of drug-likeness (QED) is 0.434. The van der Waals surface area contributed by atoms with Crippen molar-refractivity contribution in [1.82, 2.24) is 4.90 Å². The molecule has 0 atom stereocenters. The fraction of sp³-hybridized carbons (Fsp3) is 0.750.